The van der Waals surface area contributed by atoms with Crippen LogP contribution in [0.15, 0.2) is 15.1 Å². The van der Waals surface area contributed by atoms with Crippen LogP contribution < -0.4 is 4.74 Å². The van der Waals surface area contributed by atoms with E-state index in [0.717, 1.165) is 0 Å². The summed E-state index contributed by atoms with van der Waals surface area (Å²) in [5, 5.41) is 0. The minimum absolute atomic E-state index is 0.0422. The molecule has 1 aromatic rings. The Balaban J connectivity index is 3.38. The van der Waals surface area contributed by atoms with E-state index in [0.29, 0.717) is 20.4 Å². The van der Waals surface area contributed by atoms with Crippen molar-refractivity contribution in [2.75, 3.05) is 7.11 Å². The van der Waals surface area contributed by atoms with Gasteiger partial charge in [0.05, 0.1) is 17.1 Å². The summed E-state index contributed by atoms with van der Waals surface area (Å²) in [5.74, 6) is 0.368. The average Bonchev–Trinajstić information content (AvgIpc) is 2.04. The van der Waals surface area contributed by atoms with Gasteiger partial charge in [0.1, 0.15) is 0 Å². The fourth-order valence-electron chi connectivity index (χ4n) is 0.913. The number of aromatic nitrogens is 1. The Bertz CT molecular complexity index is 352. The Labute approximate surface area is 92.8 Å². The van der Waals surface area contributed by atoms with Gasteiger partial charge < -0.3 is 4.74 Å². The number of ether oxygens (including phenoxy) is 1. The van der Waals surface area contributed by atoms with Crippen LogP contribution in [0.5, 0.6) is 5.88 Å². The molecule has 70 valence electrons. The summed E-state index contributed by atoms with van der Waals surface area (Å²) in [6.07, 6.45) is 1.54. The van der Waals surface area contributed by atoms with Gasteiger partial charge in [-0.15, -0.1) is 0 Å². The molecule has 0 saturated carbocycles. The summed E-state index contributed by atoms with van der Waals surface area (Å²) >= 11 is 6.50. The van der Waals surface area contributed by atoms with Crippen molar-refractivity contribution in [3.8, 4) is 5.88 Å². The lowest BCUT2D eigenvalue weighted by Crippen LogP contribution is -1.99. The standard InChI is InChI=1S/C8H7Br2NO2/c1-4(12)6-5(9)3-11-8(13-2)7(6)10/h3H,1-2H3. The first-order valence-corrected chi connectivity index (χ1v) is 5.05. The highest BCUT2D eigenvalue weighted by atomic mass is 79.9. The number of nitrogens with zero attached hydrogens (tertiary/aromatic N) is 1. The van der Waals surface area contributed by atoms with Crippen LogP contribution in [0.3, 0.4) is 0 Å². The van der Waals surface area contributed by atoms with Gasteiger partial charge in [-0.25, -0.2) is 4.98 Å². The Morgan fingerprint density at radius 1 is 1.54 bits per heavy atom. The smallest absolute Gasteiger partial charge is 0.228 e. The van der Waals surface area contributed by atoms with Crippen molar-refractivity contribution in [1.29, 1.82) is 0 Å². The Morgan fingerprint density at radius 2 is 2.15 bits per heavy atom. The largest absolute Gasteiger partial charge is 0.480 e. The molecule has 5 heteroatoms. The van der Waals surface area contributed by atoms with Crippen molar-refractivity contribution >= 4 is 37.6 Å². The highest BCUT2D eigenvalue weighted by Gasteiger charge is 2.14. The first-order valence-electron chi connectivity index (χ1n) is 3.46. The lowest BCUT2D eigenvalue weighted by Gasteiger charge is -2.06. The first kappa shape index (κ1) is 10.7. The topological polar surface area (TPSA) is 39.2 Å². The second-order valence-electron chi connectivity index (χ2n) is 2.36. The zero-order valence-corrected chi connectivity index (χ0v) is 10.3. The zero-order chi connectivity index (χ0) is 10.0. The highest BCUT2D eigenvalue weighted by molar-refractivity contribution is 9.11. The molecule has 1 heterocycles. The number of hydrogen-bond donors (Lipinski definition) is 0. The molecule has 0 aliphatic heterocycles. The van der Waals surface area contributed by atoms with Crippen molar-refractivity contribution < 1.29 is 9.53 Å². The molecule has 0 amide bonds. The Morgan fingerprint density at radius 3 is 2.62 bits per heavy atom. The van der Waals surface area contributed by atoms with Gasteiger partial charge in [0.25, 0.3) is 0 Å². The van der Waals surface area contributed by atoms with Crippen molar-refractivity contribution in [1.82, 2.24) is 4.98 Å². The van der Waals surface area contributed by atoms with Crippen molar-refractivity contribution in [2.24, 2.45) is 0 Å². The number of ketones is 1. The molecular weight excluding hydrogens is 302 g/mol. The summed E-state index contributed by atoms with van der Waals surface area (Å²) in [6, 6.07) is 0. The van der Waals surface area contributed by atoms with E-state index in [4.69, 9.17) is 4.74 Å². The quantitative estimate of drug-likeness (QED) is 0.789. The van der Waals surface area contributed by atoms with Crippen molar-refractivity contribution in [3.05, 3.63) is 20.7 Å². The van der Waals surface area contributed by atoms with Crippen LogP contribution in [-0.2, 0) is 0 Å². The van der Waals surface area contributed by atoms with E-state index in [1.165, 1.54) is 14.0 Å². The zero-order valence-electron chi connectivity index (χ0n) is 7.10. The van der Waals surface area contributed by atoms with Gasteiger partial charge in [0.2, 0.25) is 5.88 Å². The maximum atomic E-state index is 11.2. The van der Waals surface area contributed by atoms with E-state index in [-0.39, 0.29) is 5.78 Å². The van der Waals surface area contributed by atoms with Gasteiger partial charge in [-0.1, -0.05) is 0 Å². The summed E-state index contributed by atoms with van der Waals surface area (Å²) in [4.78, 5) is 15.2. The van der Waals surface area contributed by atoms with Crippen LogP contribution in [0, 0.1) is 0 Å². The van der Waals surface area contributed by atoms with Crippen LogP contribution >= 0.6 is 31.9 Å². The molecule has 0 atom stereocenters. The molecule has 0 aliphatic carbocycles. The molecule has 0 bridgehead atoms. The third kappa shape index (κ3) is 2.08. The van der Waals surface area contributed by atoms with E-state index >= 15 is 0 Å². The van der Waals surface area contributed by atoms with Gasteiger partial charge in [-0.05, 0) is 38.8 Å². The van der Waals surface area contributed by atoms with Crippen LogP contribution in [0.25, 0.3) is 0 Å². The molecule has 0 N–H and O–H groups in total. The second-order valence-corrected chi connectivity index (χ2v) is 4.01. The van der Waals surface area contributed by atoms with Crippen molar-refractivity contribution in [3.63, 3.8) is 0 Å². The van der Waals surface area contributed by atoms with Gasteiger partial charge in [0, 0.05) is 10.7 Å². The van der Waals surface area contributed by atoms with E-state index in [2.05, 4.69) is 36.8 Å². The van der Waals surface area contributed by atoms with E-state index in [9.17, 15) is 4.79 Å². The minimum atomic E-state index is -0.0422. The molecule has 0 aromatic carbocycles. The number of hydrogen-bond acceptors (Lipinski definition) is 3. The fourth-order valence-corrected chi connectivity index (χ4v) is 2.52. The number of Topliss-reactive ketones (excluding diaryl/α,β-unsaturated/α-hetero) is 1. The second kappa shape index (κ2) is 4.19. The number of carbonyl (C=O) groups is 1. The summed E-state index contributed by atoms with van der Waals surface area (Å²) in [6.45, 7) is 1.49. The molecule has 0 fully saturated rings. The van der Waals surface area contributed by atoms with Crippen LogP contribution in [0.4, 0.5) is 0 Å². The molecule has 0 saturated heterocycles. The molecular formula is C8H7Br2NO2. The number of rotatable bonds is 2. The third-order valence-electron chi connectivity index (χ3n) is 1.49. The van der Waals surface area contributed by atoms with Gasteiger partial charge >= 0.3 is 0 Å². The van der Waals surface area contributed by atoms with E-state index < -0.39 is 0 Å². The lowest BCUT2D eigenvalue weighted by molar-refractivity contribution is 0.101. The maximum absolute atomic E-state index is 11.2. The van der Waals surface area contributed by atoms with E-state index in [1.54, 1.807) is 6.20 Å². The molecule has 0 spiro atoms. The van der Waals surface area contributed by atoms with Gasteiger partial charge in [0.15, 0.2) is 5.78 Å². The van der Waals surface area contributed by atoms with E-state index in [1.807, 2.05) is 0 Å². The molecule has 1 aromatic heterocycles. The normalized spacial score (nSPS) is 9.85. The average molecular weight is 309 g/mol. The Kier molecular flexibility index (Phi) is 3.44. The predicted molar refractivity (Wildman–Crippen MR) is 56.2 cm³/mol. The molecule has 0 aliphatic rings. The van der Waals surface area contributed by atoms with Crippen molar-refractivity contribution in [2.45, 2.75) is 6.92 Å². The van der Waals surface area contributed by atoms with Gasteiger partial charge in [-0.2, -0.15) is 0 Å². The molecule has 13 heavy (non-hydrogen) atoms. The monoisotopic (exact) mass is 307 g/mol. The van der Waals surface area contributed by atoms with Gasteiger partial charge in [-0.3, -0.25) is 4.79 Å². The fraction of sp³-hybridized carbons (Fsp3) is 0.250. The first-order chi connectivity index (χ1) is 6.07. The maximum Gasteiger partial charge on any atom is 0.228 e. The molecule has 1 rings (SSSR count). The summed E-state index contributed by atoms with van der Waals surface area (Å²) in [7, 11) is 1.50. The van der Waals surface area contributed by atoms with Crippen LogP contribution in [-0.4, -0.2) is 17.9 Å². The lowest BCUT2D eigenvalue weighted by atomic mass is 10.2. The highest BCUT2D eigenvalue weighted by Crippen LogP contribution is 2.31. The molecule has 0 unspecified atom stereocenters. The number of pyridine rings is 1. The SMILES string of the molecule is COc1ncc(Br)c(C(C)=O)c1Br. The predicted octanol–water partition coefficient (Wildman–Crippen LogP) is 2.82. The molecule has 0 radical (unpaired) electrons. The molecule has 3 nitrogen and oxygen atoms in total. The third-order valence-corrected chi connectivity index (χ3v) is 2.82. The minimum Gasteiger partial charge on any atom is -0.480 e. The Hall–Kier alpha value is -0.420. The van der Waals surface area contributed by atoms with Crippen LogP contribution in [0.1, 0.15) is 17.3 Å². The number of methoxy groups -OCH3 is 1. The number of carbonyl (C=O) groups excluding carboxylic acids is 1. The summed E-state index contributed by atoms with van der Waals surface area (Å²) < 4.78 is 6.20. The number of halogens is 2. The van der Waals surface area contributed by atoms with Crippen LogP contribution in [0.2, 0.25) is 0 Å². The summed E-state index contributed by atoms with van der Waals surface area (Å²) in [5.41, 5.74) is 0.548.